The van der Waals surface area contributed by atoms with E-state index >= 15 is 0 Å². The fourth-order valence-electron chi connectivity index (χ4n) is 3.48. The summed E-state index contributed by atoms with van der Waals surface area (Å²) in [6.07, 6.45) is 0. The first-order valence-electron chi connectivity index (χ1n) is 9.38. The molecule has 0 fully saturated rings. The number of nitrogens with zero attached hydrogens (tertiary/aromatic N) is 4. The lowest BCUT2D eigenvalue weighted by Gasteiger charge is -2.29. The van der Waals surface area contributed by atoms with Crippen molar-refractivity contribution in [1.29, 1.82) is 0 Å². The lowest BCUT2D eigenvalue weighted by atomic mass is 9.89. The van der Waals surface area contributed by atoms with E-state index in [1.54, 1.807) is 42.5 Å². The molecule has 1 aliphatic heterocycles. The second-order valence-corrected chi connectivity index (χ2v) is 7.61. The second kappa shape index (κ2) is 8.79. The van der Waals surface area contributed by atoms with Crippen molar-refractivity contribution in [2.24, 2.45) is 0 Å². The number of benzene rings is 2. The minimum absolute atomic E-state index is 0.0504. The molecule has 3 aromatic rings. The molecular formula is C21H18BrN5O5. The van der Waals surface area contributed by atoms with Crippen LogP contribution in [-0.4, -0.2) is 53.3 Å². The zero-order valence-electron chi connectivity index (χ0n) is 17.3. The Bertz CT molecular complexity index is 1220. The highest BCUT2D eigenvalue weighted by Gasteiger charge is 2.39. The number of allylic oxidation sites excluding steroid dienone is 1. The summed E-state index contributed by atoms with van der Waals surface area (Å²) < 4.78 is 18.0. The lowest BCUT2D eigenvalue weighted by Crippen LogP contribution is -2.33. The number of carbonyl (C=O) groups is 2. The number of halogens is 1. The maximum atomic E-state index is 13.7. The number of esters is 1. The molecule has 0 saturated carbocycles. The van der Waals surface area contributed by atoms with Crippen LogP contribution in [0.4, 0.5) is 5.95 Å². The molecule has 1 aromatic heterocycles. The van der Waals surface area contributed by atoms with Crippen LogP contribution in [0.1, 0.15) is 22.0 Å². The standard InChI is InChI=1S/C21H18BrN5O5/c1-30-13-8-9-14(15(10-13)31-2)18-16(19(28)11-4-6-12(22)7-5-11)17(20(29)32-3)23-21-24-25-26-27(18)21/h4-10,18H,1-3H3,(H,23,24,26)/t18-/m1/s1. The first kappa shape index (κ1) is 21.5. The Hall–Kier alpha value is -3.73. The monoisotopic (exact) mass is 499 g/mol. The van der Waals surface area contributed by atoms with E-state index in [0.717, 1.165) is 4.47 Å². The number of fused-ring (bicyclic) bond motifs is 1. The molecule has 0 bridgehead atoms. The number of rotatable bonds is 6. The van der Waals surface area contributed by atoms with Gasteiger partial charge < -0.3 is 19.5 Å². The summed E-state index contributed by atoms with van der Waals surface area (Å²) in [4.78, 5) is 26.4. The Morgan fingerprint density at radius 3 is 2.47 bits per heavy atom. The Kier molecular flexibility index (Phi) is 5.91. The minimum Gasteiger partial charge on any atom is -0.497 e. The molecule has 0 aliphatic carbocycles. The fraction of sp³-hybridized carbons (Fsp3) is 0.190. The molecule has 2 heterocycles. The van der Waals surface area contributed by atoms with Gasteiger partial charge in [-0.3, -0.25) is 4.79 Å². The predicted molar refractivity (Wildman–Crippen MR) is 117 cm³/mol. The van der Waals surface area contributed by atoms with E-state index in [2.05, 4.69) is 36.8 Å². The molecule has 0 spiro atoms. The largest absolute Gasteiger partial charge is 0.497 e. The molecule has 0 saturated heterocycles. The van der Waals surface area contributed by atoms with Gasteiger partial charge in [0.15, 0.2) is 5.78 Å². The summed E-state index contributed by atoms with van der Waals surface area (Å²) in [5.41, 5.74) is 0.999. The van der Waals surface area contributed by atoms with Crippen LogP contribution >= 0.6 is 15.9 Å². The van der Waals surface area contributed by atoms with Gasteiger partial charge in [0.25, 0.3) is 0 Å². The number of tetrazole rings is 1. The van der Waals surface area contributed by atoms with E-state index in [0.29, 0.717) is 22.6 Å². The highest BCUT2D eigenvalue weighted by molar-refractivity contribution is 9.10. The van der Waals surface area contributed by atoms with Crippen molar-refractivity contribution in [1.82, 2.24) is 20.2 Å². The summed E-state index contributed by atoms with van der Waals surface area (Å²) >= 11 is 3.37. The number of ether oxygens (including phenoxy) is 3. The molecule has 0 radical (unpaired) electrons. The number of Topliss-reactive ketones (excluding diaryl/α,β-unsaturated/α-hetero) is 1. The van der Waals surface area contributed by atoms with Crippen molar-refractivity contribution >= 4 is 33.6 Å². The normalized spacial score (nSPS) is 14.9. The molecule has 164 valence electrons. The van der Waals surface area contributed by atoms with Crippen molar-refractivity contribution in [2.75, 3.05) is 26.6 Å². The third kappa shape index (κ3) is 3.71. The summed E-state index contributed by atoms with van der Waals surface area (Å²) in [5.74, 6) is 0.0599. The molecule has 1 N–H and O–H groups in total. The van der Waals surface area contributed by atoms with Crippen LogP contribution in [0.3, 0.4) is 0 Å². The minimum atomic E-state index is -0.868. The van der Waals surface area contributed by atoms with Crippen LogP contribution in [0.15, 0.2) is 58.2 Å². The van der Waals surface area contributed by atoms with Gasteiger partial charge in [-0.25, -0.2) is 4.79 Å². The maximum Gasteiger partial charge on any atom is 0.355 e. The number of carbonyl (C=O) groups excluding carboxylic acids is 2. The summed E-state index contributed by atoms with van der Waals surface area (Å²) in [6, 6.07) is 11.1. The van der Waals surface area contributed by atoms with E-state index in [1.165, 1.54) is 26.0 Å². The van der Waals surface area contributed by atoms with Gasteiger partial charge >= 0.3 is 5.97 Å². The lowest BCUT2D eigenvalue weighted by molar-refractivity contribution is -0.136. The van der Waals surface area contributed by atoms with Crippen LogP contribution in [-0.2, 0) is 9.53 Å². The molecule has 2 aromatic carbocycles. The van der Waals surface area contributed by atoms with Gasteiger partial charge in [-0.1, -0.05) is 21.0 Å². The number of aromatic nitrogens is 4. The zero-order valence-corrected chi connectivity index (χ0v) is 18.9. The quantitative estimate of drug-likeness (QED) is 0.403. The average Bonchev–Trinajstić information content (AvgIpc) is 3.30. The van der Waals surface area contributed by atoms with Gasteiger partial charge in [0.05, 0.1) is 26.9 Å². The molecule has 11 heteroatoms. The first-order valence-corrected chi connectivity index (χ1v) is 10.2. The van der Waals surface area contributed by atoms with Gasteiger partial charge in [-0.2, -0.15) is 4.68 Å². The van der Waals surface area contributed by atoms with Crippen molar-refractivity contribution in [3.05, 3.63) is 69.3 Å². The maximum absolute atomic E-state index is 13.7. The molecule has 4 rings (SSSR count). The molecular weight excluding hydrogens is 482 g/mol. The van der Waals surface area contributed by atoms with E-state index in [1.807, 2.05) is 0 Å². The summed E-state index contributed by atoms with van der Waals surface area (Å²) in [6.45, 7) is 0. The number of methoxy groups -OCH3 is 3. The fourth-order valence-corrected chi connectivity index (χ4v) is 3.74. The number of anilines is 1. The summed E-state index contributed by atoms with van der Waals surface area (Å²) in [7, 11) is 4.27. The van der Waals surface area contributed by atoms with E-state index < -0.39 is 17.8 Å². The van der Waals surface area contributed by atoms with E-state index in [-0.39, 0.29) is 17.2 Å². The second-order valence-electron chi connectivity index (χ2n) is 6.70. The zero-order chi connectivity index (χ0) is 22.8. The number of nitrogens with one attached hydrogen (secondary N) is 1. The smallest absolute Gasteiger partial charge is 0.355 e. The third-order valence-corrected chi connectivity index (χ3v) is 5.52. The molecule has 0 amide bonds. The van der Waals surface area contributed by atoms with Crippen LogP contribution in [0.5, 0.6) is 11.5 Å². The van der Waals surface area contributed by atoms with Crippen LogP contribution in [0.2, 0.25) is 0 Å². The van der Waals surface area contributed by atoms with Gasteiger partial charge in [0, 0.05) is 21.7 Å². The van der Waals surface area contributed by atoms with Gasteiger partial charge in [0.2, 0.25) is 5.95 Å². The van der Waals surface area contributed by atoms with Gasteiger partial charge in [0.1, 0.15) is 23.2 Å². The predicted octanol–water partition coefficient (Wildman–Crippen LogP) is 2.78. The van der Waals surface area contributed by atoms with Gasteiger partial charge in [-0.15, -0.1) is 0 Å². The molecule has 1 aliphatic rings. The Labute approximate surface area is 191 Å². The topological polar surface area (TPSA) is 117 Å². The Morgan fingerprint density at radius 1 is 1.06 bits per heavy atom. The molecule has 1 atom stereocenters. The average molecular weight is 500 g/mol. The third-order valence-electron chi connectivity index (χ3n) is 4.99. The Balaban J connectivity index is 1.98. The molecule has 32 heavy (non-hydrogen) atoms. The first-order chi connectivity index (χ1) is 15.5. The SMILES string of the molecule is COC(=O)C1=C(C(=O)c2ccc(Br)cc2)[C@@H](c2ccc(OC)cc2OC)n2nnnc2N1. The van der Waals surface area contributed by atoms with Crippen molar-refractivity contribution in [3.8, 4) is 11.5 Å². The highest BCUT2D eigenvalue weighted by Crippen LogP contribution is 2.41. The van der Waals surface area contributed by atoms with E-state index in [4.69, 9.17) is 14.2 Å². The van der Waals surface area contributed by atoms with Crippen molar-refractivity contribution < 1.29 is 23.8 Å². The number of ketones is 1. The summed E-state index contributed by atoms with van der Waals surface area (Å²) in [5, 5.41) is 14.5. The number of hydrogen-bond donors (Lipinski definition) is 1. The van der Waals surface area contributed by atoms with Crippen LogP contribution < -0.4 is 14.8 Å². The van der Waals surface area contributed by atoms with Gasteiger partial charge in [-0.05, 0) is 46.8 Å². The number of hydrogen-bond acceptors (Lipinski definition) is 9. The molecule has 10 nitrogen and oxygen atoms in total. The van der Waals surface area contributed by atoms with Crippen LogP contribution in [0.25, 0.3) is 0 Å². The Morgan fingerprint density at radius 2 is 1.81 bits per heavy atom. The van der Waals surface area contributed by atoms with Crippen molar-refractivity contribution in [3.63, 3.8) is 0 Å². The van der Waals surface area contributed by atoms with Crippen LogP contribution in [0, 0.1) is 0 Å². The van der Waals surface area contributed by atoms with E-state index in [9.17, 15) is 9.59 Å². The molecule has 0 unspecified atom stereocenters. The highest BCUT2D eigenvalue weighted by atomic mass is 79.9. The van der Waals surface area contributed by atoms with Crippen molar-refractivity contribution in [2.45, 2.75) is 6.04 Å².